The molecule has 19 heavy (non-hydrogen) atoms. The highest BCUT2D eigenvalue weighted by Gasteiger charge is 2.22. The van der Waals surface area contributed by atoms with Crippen molar-refractivity contribution >= 4 is 0 Å². The van der Waals surface area contributed by atoms with Crippen LogP contribution < -0.4 is 5.32 Å². The lowest BCUT2D eigenvalue weighted by atomic mass is 9.84. The maximum Gasteiger partial charge on any atom is 0.0625 e. The van der Waals surface area contributed by atoms with Crippen molar-refractivity contribution in [2.45, 2.75) is 64.8 Å². The summed E-state index contributed by atoms with van der Waals surface area (Å²) in [6.45, 7) is 5.41. The van der Waals surface area contributed by atoms with Gasteiger partial charge in [-0.3, -0.25) is 4.68 Å². The SMILES string of the molecule is CCNC(CC1CCCCC1)c1cc(CC)nn1C. The van der Waals surface area contributed by atoms with Crippen LogP contribution in [0.25, 0.3) is 0 Å². The summed E-state index contributed by atoms with van der Waals surface area (Å²) in [5, 5.41) is 8.27. The normalized spacial score (nSPS) is 18.7. The summed E-state index contributed by atoms with van der Waals surface area (Å²) in [5.41, 5.74) is 2.58. The summed E-state index contributed by atoms with van der Waals surface area (Å²) < 4.78 is 2.08. The fourth-order valence-corrected chi connectivity index (χ4v) is 3.35. The van der Waals surface area contributed by atoms with Crippen LogP contribution in [0.3, 0.4) is 0 Å². The molecule has 0 radical (unpaired) electrons. The number of aryl methyl sites for hydroxylation is 2. The molecule has 1 atom stereocenters. The van der Waals surface area contributed by atoms with Gasteiger partial charge in [-0.25, -0.2) is 0 Å². The van der Waals surface area contributed by atoms with Crippen LogP contribution in [0.2, 0.25) is 0 Å². The molecule has 1 aromatic rings. The van der Waals surface area contributed by atoms with Crippen molar-refractivity contribution in [1.82, 2.24) is 15.1 Å². The second-order valence-electron chi connectivity index (χ2n) is 5.89. The van der Waals surface area contributed by atoms with E-state index in [1.807, 2.05) is 0 Å². The summed E-state index contributed by atoms with van der Waals surface area (Å²) in [6, 6.07) is 2.77. The second-order valence-corrected chi connectivity index (χ2v) is 5.89. The highest BCUT2D eigenvalue weighted by atomic mass is 15.3. The van der Waals surface area contributed by atoms with Crippen LogP contribution >= 0.6 is 0 Å². The zero-order chi connectivity index (χ0) is 13.7. The third kappa shape index (κ3) is 3.82. The zero-order valence-corrected chi connectivity index (χ0v) is 12.8. The predicted molar refractivity (Wildman–Crippen MR) is 80.2 cm³/mol. The number of hydrogen-bond donors (Lipinski definition) is 1. The summed E-state index contributed by atoms with van der Waals surface area (Å²) in [6.07, 6.45) is 9.42. The van der Waals surface area contributed by atoms with Gasteiger partial charge in [0.1, 0.15) is 0 Å². The Hall–Kier alpha value is -0.830. The van der Waals surface area contributed by atoms with Gasteiger partial charge < -0.3 is 5.32 Å². The minimum atomic E-state index is 0.478. The van der Waals surface area contributed by atoms with E-state index < -0.39 is 0 Å². The van der Waals surface area contributed by atoms with Gasteiger partial charge in [-0.05, 0) is 31.4 Å². The Morgan fingerprint density at radius 3 is 2.63 bits per heavy atom. The Balaban J connectivity index is 2.06. The fraction of sp³-hybridized carbons (Fsp3) is 0.812. The molecule has 1 fully saturated rings. The lowest BCUT2D eigenvalue weighted by molar-refractivity contribution is 0.296. The van der Waals surface area contributed by atoms with Crippen LogP contribution in [-0.4, -0.2) is 16.3 Å². The van der Waals surface area contributed by atoms with Gasteiger partial charge >= 0.3 is 0 Å². The van der Waals surface area contributed by atoms with E-state index in [0.717, 1.165) is 18.9 Å². The van der Waals surface area contributed by atoms with E-state index in [1.165, 1.54) is 49.9 Å². The van der Waals surface area contributed by atoms with E-state index in [2.05, 4.69) is 42.1 Å². The van der Waals surface area contributed by atoms with Crippen LogP contribution in [0.1, 0.15) is 69.8 Å². The molecule has 0 aromatic carbocycles. The van der Waals surface area contributed by atoms with Crippen molar-refractivity contribution in [3.8, 4) is 0 Å². The van der Waals surface area contributed by atoms with Gasteiger partial charge in [-0.15, -0.1) is 0 Å². The van der Waals surface area contributed by atoms with Crippen molar-refractivity contribution in [3.63, 3.8) is 0 Å². The molecule has 1 N–H and O–H groups in total. The van der Waals surface area contributed by atoms with Crippen LogP contribution in [0.5, 0.6) is 0 Å². The maximum absolute atomic E-state index is 4.60. The molecule has 1 aromatic heterocycles. The third-order valence-corrected chi connectivity index (χ3v) is 4.43. The molecule has 2 rings (SSSR count). The van der Waals surface area contributed by atoms with Gasteiger partial charge in [-0.1, -0.05) is 46.0 Å². The van der Waals surface area contributed by atoms with E-state index in [-0.39, 0.29) is 0 Å². The van der Waals surface area contributed by atoms with Crippen molar-refractivity contribution < 1.29 is 0 Å². The van der Waals surface area contributed by atoms with Crippen LogP contribution in [0.15, 0.2) is 6.07 Å². The van der Waals surface area contributed by atoms with Crippen LogP contribution in [0, 0.1) is 5.92 Å². The standard InChI is InChI=1S/C16H29N3/c1-4-14-12-16(19(3)18-14)15(17-5-2)11-13-9-7-6-8-10-13/h12-13,15,17H,4-11H2,1-3H3. The molecule has 0 saturated heterocycles. The Morgan fingerprint density at radius 2 is 2.05 bits per heavy atom. The van der Waals surface area contributed by atoms with Gasteiger partial charge in [0, 0.05) is 13.1 Å². The Bertz CT molecular complexity index is 377. The topological polar surface area (TPSA) is 29.9 Å². The van der Waals surface area contributed by atoms with Crippen molar-refractivity contribution in [2.75, 3.05) is 6.54 Å². The van der Waals surface area contributed by atoms with Gasteiger partial charge in [0.2, 0.25) is 0 Å². The highest BCUT2D eigenvalue weighted by molar-refractivity contribution is 5.14. The molecular formula is C16H29N3. The molecular weight excluding hydrogens is 234 g/mol. The van der Waals surface area contributed by atoms with Gasteiger partial charge in [0.15, 0.2) is 0 Å². The molecule has 0 aliphatic heterocycles. The maximum atomic E-state index is 4.60. The number of nitrogens with zero attached hydrogens (tertiary/aromatic N) is 2. The number of aromatic nitrogens is 2. The monoisotopic (exact) mass is 263 g/mol. The molecule has 1 heterocycles. The Labute approximate surface area is 117 Å². The van der Waals surface area contributed by atoms with E-state index in [4.69, 9.17) is 0 Å². The summed E-state index contributed by atoms with van der Waals surface area (Å²) >= 11 is 0. The van der Waals surface area contributed by atoms with Gasteiger partial charge in [-0.2, -0.15) is 5.10 Å². The fourth-order valence-electron chi connectivity index (χ4n) is 3.35. The van der Waals surface area contributed by atoms with Gasteiger partial charge in [0.05, 0.1) is 11.4 Å². The first-order valence-corrected chi connectivity index (χ1v) is 8.00. The molecule has 1 unspecified atom stereocenters. The van der Waals surface area contributed by atoms with E-state index in [1.54, 1.807) is 0 Å². The van der Waals surface area contributed by atoms with Crippen molar-refractivity contribution in [3.05, 3.63) is 17.5 Å². The summed E-state index contributed by atoms with van der Waals surface area (Å²) in [7, 11) is 2.08. The molecule has 0 spiro atoms. The number of nitrogens with one attached hydrogen (secondary N) is 1. The lowest BCUT2D eigenvalue weighted by Gasteiger charge is -2.27. The predicted octanol–water partition coefficient (Wildman–Crippen LogP) is 3.60. The first kappa shape index (κ1) is 14.6. The smallest absolute Gasteiger partial charge is 0.0625 e. The van der Waals surface area contributed by atoms with Crippen LogP contribution in [-0.2, 0) is 13.5 Å². The van der Waals surface area contributed by atoms with E-state index in [0.29, 0.717) is 6.04 Å². The summed E-state index contributed by atoms with van der Waals surface area (Å²) in [4.78, 5) is 0. The first-order chi connectivity index (χ1) is 9.24. The zero-order valence-electron chi connectivity index (χ0n) is 12.8. The molecule has 1 aliphatic rings. The minimum absolute atomic E-state index is 0.478. The minimum Gasteiger partial charge on any atom is -0.309 e. The Kier molecular flexibility index (Phi) is 5.44. The average molecular weight is 263 g/mol. The Morgan fingerprint density at radius 1 is 1.32 bits per heavy atom. The molecule has 3 heteroatoms. The van der Waals surface area contributed by atoms with Crippen molar-refractivity contribution in [2.24, 2.45) is 13.0 Å². The molecule has 3 nitrogen and oxygen atoms in total. The quantitative estimate of drug-likeness (QED) is 0.850. The average Bonchev–Trinajstić information content (AvgIpc) is 2.81. The first-order valence-electron chi connectivity index (χ1n) is 8.00. The largest absolute Gasteiger partial charge is 0.309 e. The summed E-state index contributed by atoms with van der Waals surface area (Å²) in [5.74, 6) is 0.901. The van der Waals surface area contributed by atoms with Crippen molar-refractivity contribution in [1.29, 1.82) is 0 Å². The van der Waals surface area contributed by atoms with Crippen LogP contribution in [0.4, 0.5) is 0 Å². The molecule has 1 aliphatic carbocycles. The third-order valence-electron chi connectivity index (χ3n) is 4.43. The number of hydrogen-bond acceptors (Lipinski definition) is 2. The molecule has 0 amide bonds. The number of rotatable bonds is 6. The second kappa shape index (κ2) is 7.09. The highest BCUT2D eigenvalue weighted by Crippen LogP contribution is 2.32. The molecule has 1 saturated carbocycles. The van der Waals surface area contributed by atoms with E-state index in [9.17, 15) is 0 Å². The van der Waals surface area contributed by atoms with E-state index >= 15 is 0 Å². The van der Waals surface area contributed by atoms with Gasteiger partial charge in [0.25, 0.3) is 0 Å². The lowest BCUT2D eigenvalue weighted by Crippen LogP contribution is -2.26. The molecule has 0 bridgehead atoms. The molecule has 108 valence electrons.